The molecule has 0 fully saturated rings. The summed E-state index contributed by atoms with van der Waals surface area (Å²) in [5.41, 5.74) is 1.47. The molecule has 142 valence electrons. The molecule has 0 unspecified atom stereocenters. The summed E-state index contributed by atoms with van der Waals surface area (Å²) in [5.74, 6) is 1.14. The number of hydrogen-bond acceptors (Lipinski definition) is 4. The van der Waals surface area contributed by atoms with Crippen LogP contribution in [0.2, 0.25) is 0 Å². The molecule has 1 amide bonds. The van der Waals surface area contributed by atoms with Gasteiger partial charge in [-0.15, -0.1) is 24.0 Å². The third-order valence-electron chi connectivity index (χ3n) is 3.21. The SMILES string of the molecule is CN=C(NCC(=O)NC(C)(C)C)NCc1cc(-c2ccccc2)on1.I. The predicted molar refractivity (Wildman–Crippen MR) is 113 cm³/mol. The fourth-order valence-corrected chi connectivity index (χ4v) is 2.15. The van der Waals surface area contributed by atoms with Crippen molar-refractivity contribution in [3.05, 3.63) is 42.1 Å². The molecular formula is C18H26IN5O2. The normalized spacial score (nSPS) is 11.5. The quantitative estimate of drug-likeness (QED) is 0.354. The van der Waals surface area contributed by atoms with Gasteiger partial charge in [-0.1, -0.05) is 35.5 Å². The number of nitrogens with zero attached hydrogens (tertiary/aromatic N) is 2. The Hall–Kier alpha value is -2.10. The summed E-state index contributed by atoms with van der Waals surface area (Å²) in [4.78, 5) is 15.9. The molecule has 26 heavy (non-hydrogen) atoms. The van der Waals surface area contributed by atoms with E-state index in [2.05, 4.69) is 26.1 Å². The molecule has 7 nitrogen and oxygen atoms in total. The van der Waals surface area contributed by atoms with Crippen LogP contribution in [0.4, 0.5) is 0 Å². The van der Waals surface area contributed by atoms with Gasteiger partial charge in [-0.2, -0.15) is 0 Å². The molecule has 2 aromatic rings. The highest BCUT2D eigenvalue weighted by Crippen LogP contribution is 2.19. The Balaban J connectivity index is 0.00000338. The highest BCUT2D eigenvalue weighted by molar-refractivity contribution is 14.0. The van der Waals surface area contributed by atoms with Gasteiger partial charge in [0, 0.05) is 24.2 Å². The highest BCUT2D eigenvalue weighted by Gasteiger charge is 2.14. The Morgan fingerprint density at radius 2 is 1.88 bits per heavy atom. The number of halogens is 1. The molecule has 0 aliphatic carbocycles. The zero-order valence-electron chi connectivity index (χ0n) is 15.5. The molecule has 0 radical (unpaired) electrons. The van der Waals surface area contributed by atoms with Crippen LogP contribution in [0.15, 0.2) is 45.9 Å². The second-order valence-corrected chi connectivity index (χ2v) is 6.63. The van der Waals surface area contributed by atoms with E-state index in [9.17, 15) is 4.79 Å². The van der Waals surface area contributed by atoms with Crippen LogP contribution < -0.4 is 16.0 Å². The lowest BCUT2D eigenvalue weighted by Gasteiger charge is -2.21. The average molecular weight is 471 g/mol. The van der Waals surface area contributed by atoms with Crippen molar-refractivity contribution >= 4 is 35.8 Å². The van der Waals surface area contributed by atoms with Crippen molar-refractivity contribution in [3.63, 3.8) is 0 Å². The summed E-state index contributed by atoms with van der Waals surface area (Å²) in [7, 11) is 1.65. The maximum atomic E-state index is 11.8. The van der Waals surface area contributed by atoms with Crippen molar-refractivity contribution in [1.29, 1.82) is 0 Å². The van der Waals surface area contributed by atoms with E-state index in [-0.39, 0.29) is 42.0 Å². The lowest BCUT2D eigenvalue weighted by Crippen LogP contribution is -2.48. The van der Waals surface area contributed by atoms with Gasteiger partial charge in [-0.3, -0.25) is 9.79 Å². The van der Waals surface area contributed by atoms with Gasteiger partial charge in [-0.25, -0.2) is 0 Å². The second kappa shape index (κ2) is 10.1. The Kier molecular flexibility index (Phi) is 8.56. The number of carbonyl (C=O) groups excluding carboxylic acids is 1. The van der Waals surface area contributed by atoms with Crippen LogP contribution in [0.25, 0.3) is 11.3 Å². The van der Waals surface area contributed by atoms with Gasteiger partial charge in [0.05, 0.1) is 13.1 Å². The first-order valence-corrected chi connectivity index (χ1v) is 8.14. The highest BCUT2D eigenvalue weighted by atomic mass is 127. The van der Waals surface area contributed by atoms with Crippen molar-refractivity contribution in [2.75, 3.05) is 13.6 Å². The van der Waals surface area contributed by atoms with E-state index in [1.165, 1.54) is 0 Å². The molecule has 8 heteroatoms. The van der Waals surface area contributed by atoms with E-state index in [1.807, 2.05) is 57.2 Å². The number of aromatic nitrogens is 1. The van der Waals surface area contributed by atoms with Gasteiger partial charge in [0.15, 0.2) is 11.7 Å². The molecule has 2 rings (SSSR count). The van der Waals surface area contributed by atoms with Crippen molar-refractivity contribution in [2.24, 2.45) is 4.99 Å². The van der Waals surface area contributed by atoms with Gasteiger partial charge >= 0.3 is 0 Å². The molecule has 0 saturated heterocycles. The number of benzene rings is 1. The maximum absolute atomic E-state index is 11.8. The van der Waals surface area contributed by atoms with Crippen LogP contribution in [0.5, 0.6) is 0 Å². The van der Waals surface area contributed by atoms with Crippen LogP contribution in [-0.4, -0.2) is 36.2 Å². The Labute approximate surface area is 171 Å². The van der Waals surface area contributed by atoms with Crippen LogP contribution in [0.3, 0.4) is 0 Å². The smallest absolute Gasteiger partial charge is 0.239 e. The Bertz CT molecular complexity index is 723. The molecular weight excluding hydrogens is 445 g/mol. The minimum Gasteiger partial charge on any atom is -0.356 e. The summed E-state index contributed by atoms with van der Waals surface area (Å²) in [6, 6.07) is 11.7. The van der Waals surface area contributed by atoms with Gasteiger partial charge in [0.25, 0.3) is 0 Å². The third-order valence-corrected chi connectivity index (χ3v) is 3.21. The third kappa shape index (κ3) is 7.42. The first kappa shape index (κ1) is 21.9. The monoisotopic (exact) mass is 471 g/mol. The van der Waals surface area contributed by atoms with E-state index in [4.69, 9.17) is 4.52 Å². The zero-order chi connectivity index (χ0) is 18.3. The summed E-state index contributed by atoms with van der Waals surface area (Å²) in [6.07, 6.45) is 0. The maximum Gasteiger partial charge on any atom is 0.239 e. The average Bonchev–Trinajstić information content (AvgIpc) is 3.03. The largest absolute Gasteiger partial charge is 0.356 e. The van der Waals surface area contributed by atoms with Crippen LogP contribution in [0.1, 0.15) is 26.5 Å². The topological polar surface area (TPSA) is 91.5 Å². The van der Waals surface area contributed by atoms with Gasteiger partial charge < -0.3 is 20.5 Å². The van der Waals surface area contributed by atoms with E-state index < -0.39 is 0 Å². The summed E-state index contributed by atoms with van der Waals surface area (Å²) < 4.78 is 5.36. The number of hydrogen-bond donors (Lipinski definition) is 3. The number of rotatable bonds is 5. The molecule has 0 aliphatic rings. The van der Waals surface area contributed by atoms with Crippen molar-refractivity contribution in [3.8, 4) is 11.3 Å². The van der Waals surface area contributed by atoms with E-state index >= 15 is 0 Å². The molecule has 1 heterocycles. The number of aliphatic imine (C=N–C) groups is 1. The first-order chi connectivity index (χ1) is 11.9. The Morgan fingerprint density at radius 3 is 2.50 bits per heavy atom. The van der Waals surface area contributed by atoms with Crippen molar-refractivity contribution in [1.82, 2.24) is 21.1 Å². The lowest BCUT2D eigenvalue weighted by atomic mass is 10.1. The molecule has 1 aromatic heterocycles. The minimum absolute atomic E-state index is 0. The fourth-order valence-electron chi connectivity index (χ4n) is 2.15. The lowest BCUT2D eigenvalue weighted by molar-refractivity contribution is -0.121. The molecule has 3 N–H and O–H groups in total. The zero-order valence-corrected chi connectivity index (χ0v) is 17.8. The number of nitrogens with one attached hydrogen (secondary N) is 3. The fraction of sp³-hybridized carbons (Fsp3) is 0.389. The second-order valence-electron chi connectivity index (χ2n) is 6.63. The minimum atomic E-state index is -0.260. The van der Waals surface area contributed by atoms with Gasteiger partial charge in [-0.05, 0) is 20.8 Å². The summed E-state index contributed by atoms with van der Waals surface area (Å²) in [5, 5.41) is 13.0. The van der Waals surface area contributed by atoms with E-state index in [0.717, 1.165) is 11.3 Å². The molecule has 0 spiro atoms. The van der Waals surface area contributed by atoms with Crippen LogP contribution in [-0.2, 0) is 11.3 Å². The number of guanidine groups is 1. The predicted octanol–water partition coefficient (Wildman–Crippen LogP) is 2.54. The molecule has 0 saturated carbocycles. The molecule has 1 aromatic carbocycles. The van der Waals surface area contributed by atoms with Crippen molar-refractivity contribution in [2.45, 2.75) is 32.9 Å². The van der Waals surface area contributed by atoms with Crippen molar-refractivity contribution < 1.29 is 9.32 Å². The molecule has 0 atom stereocenters. The first-order valence-electron chi connectivity index (χ1n) is 8.14. The van der Waals surface area contributed by atoms with Crippen LogP contribution in [0, 0.1) is 0 Å². The molecule has 0 aliphatic heterocycles. The summed E-state index contributed by atoms with van der Waals surface area (Å²) in [6.45, 7) is 6.40. The number of carbonyl (C=O) groups is 1. The number of amides is 1. The molecule has 0 bridgehead atoms. The van der Waals surface area contributed by atoms with Crippen LogP contribution >= 0.6 is 24.0 Å². The standard InChI is InChI=1S/C18H25N5O2.HI/c1-18(2,3)22-16(24)12-21-17(19-4)20-11-14-10-15(25-23-14)13-8-6-5-7-9-13;/h5-10H,11-12H2,1-4H3,(H,22,24)(H2,19,20,21);1H. The van der Waals surface area contributed by atoms with E-state index in [0.29, 0.717) is 18.3 Å². The Morgan fingerprint density at radius 1 is 1.19 bits per heavy atom. The van der Waals surface area contributed by atoms with E-state index in [1.54, 1.807) is 7.05 Å². The summed E-state index contributed by atoms with van der Waals surface area (Å²) >= 11 is 0. The van der Waals surface area contributed by atoms with Gasteiger partial charge in [0.2, 0.25) is 5.91 Å². The van der Waals surface area contributed by atoms with Gasteiger partial charge in [0.1, 0.15) is 5.69 Å².